The highest BCUT2D eigenvalue weighted by Crippen LogP contribution is 2.31. The summed E-state index contributed by atoms with van der Waals surface area (Å²) in [4.78, 5) is 21.3. The van der Waals surface area contributed by atoms with Crippen LogP contribution >= 0.6 is 22.9 Å². The average molecular weight is 533 g/mol. The first-order valence-corrected chi connectivity index (χ1v) is 14.0. The lowest BCUT2D eigenvalue weighted by atomic mass is 10.0. The van der Waals surface area contributed by atoms with Crippen LogP contribution in [-0.2, 0) is 19.6 Å². The molecule has 3 aromatic rings. The van der Waals surface area contributed by atoms with Crippen LogP contribution in [0.15, 0.2) is 58.9 Å². The topological polar surface area (TPSA) is 91.8 Å². The van der Waals surface area contributed by atoms with E-state index in [0.29, 0.717) is 43.5 Å². The van der Waals surface area contributed by atoms with Gasteiger partial charge in [-0.2, -0.15) is 0 Å². The van der Waals surface area contributed by atoms with Crippen LogP contribution in [0.2, 0.25) is 5.02 Å². The second-order valence-corrected chi connectivity index (χ2v) is 11.6. The number of rotatable bonds is 6. The monoisotopic (exact) mass is 532 g/mol. The zero-order valence-electron chi connectivity index (χ0n) is 19.1. The molecule has 0 radical (unpaired) electrons. The maximum absolute atomic E-state index is 13.3. The number of thiazole rings is 1. The van der Waals surface area contributed by atoms with Crippen molar-refractivity contribution in [2.24, 2.45) is 0 Å². The Balaban J connectivity index is 1.26. The molecule has 11 heteroatoms. The SMILES string of the molecule is Cc1cc([C@H]2CN([C@H]3CCN(c4ccc(S(=O)(=O)Nc5nccs5)cc4)C3=O)CCO2)ccc1Cl. The molecule has 2 fully saturated rings. The van der Waals surface area contributed by atoms with Gasteiger partial charge in [0.05, 0.1) is 23.6 Å². The molecule has 8 nitrogen and oxygen atoms in total. The van der Waals surface area contributed by atoms with Crippen LogP contribution in [0.4, 0.5) is 10.8 Å². The van der Waals surface area contributed by atoms with Crippen molar-refractivity contribution in [2.45, 2.75) is 30.4 Å². The van der Waals surface area contributed by atoms with Gasteiger partial charge < -0.3 is 9.64 Å². The van der Waals surface area contributed by atoms with Crippen LogP contribution < -0.4 is 9.62 Å². The van der Waals surface area contributed by atoms with Gasteiger partial charge >= 0.3 is 0 Å². The molecular weight excluding hydrogens is 508 g/mol. The Hall–Kier alpha value is -2.50. The van der Waals surface area contributed by atoms with E-state index >= 15 is 0 Å². The summed E-state index contributed by atoms with van der Waals surface area (Å²) in [7, 11) is -3.74. The molecule has 2 aliphatic heterocycles. The summed E-state index contributed by atoms with van der Waals surface area (Å²) in [5.41, 5.74) is 2.74. The van der Waals surface area contributed by atoms with Gasteiger partial charge in [0.25, 0.3) is 10.0 Å². The number of benzene rings is 2. The Morgan fingerprint density at radius 2 is 1.97 bits per heavy atom. The van der Waals surface area contributed by atoms with E-state index in [9.17, 15) is 13.2 Å². The zero-order chi connectivity index (χ0) is 24.6. The number of hydrogen-bond donors (Lipinski definition) is 1. The van der Waals surface area contributed by atoms with Gasteiger partial charge in [-0.25, -0.2) is 13.4 Å². The van der Waals surface area contributed by atoms with E-state index in [-0.39, 0.29) is 22.9 Å². The molecular formula is C24H25ClN4O4S2. The fourth-order valence-corrected chi connectivity index (χ4v) is 6.44. The number of amides is 1. The molecule has 2 atom stereocenters. The van der Waals surface area contributed by atoms with Crippen LogP contribution in [0, 0.1) is 6.92 Å². The lowest BCUT2D eigenvalue weighted by molar-refractivity contribution is -0.125. The molecule has 1 amide bonds. The first-order chi connectivity index (χ1) is 16.8. The van der Waals surface area contributed by atoms with E-state index < -0.39 is 10.0 Å². The van der Waals surface area contributed by atoms with Crippen LogP contribution in [0.1, 0.15) is 23.7 Å². The Kier molecular flexibility index (Phi) is 6.82. The van der Waals surface area contributed by atoms with Crippen molar-refractivity contribution in [3.8, 4) is 0 Å². The molecule has 0 aliphatic carbocycles. The molecule has 1 aromatic heterocycles. The molecule has 35 heavy (non-hydrogen) atoms. The second kappa shape index (κ2) is 9.87. The van der Waals surface area contributed by atoms with E-state index in [1.807, 2.05) is 25.1 Å². The van der Waals surface area contributed by atoms with Crippen molar-refractivity contribution in [3.63, 3.8) is 0 Å². The molecule has 2 aromatic carbocycles. The van der Waals surface area contributed by atoms with Crippen molar-refractivity contribution in [1.29, 1.82) is 0 Å². The van der Waals surface area contributed by atoms with Gasteiger partial charge in [-0.05, 0) is 54.8 Å². The van der Waals surface area contributed by atoms with Crippen molar-refractivity contribution in [2.75, 3.05) is 35.9 Å². The minimum absolute atomic E-state index is 0.0226. The molecule has 5 rings (SSSR count). The summed E-state index contributed by atoms with van der Waals surface area (Å²) in [6.07, 6.45) is 2.13. The summed E-state index contributed by atoms with van der Waals surface area (Å²) >= 11 is 7.38. The molecule has 0 bridgehead atoms. The Morgan fingerprint density at radius 1 is 1.17 bits per heavy atom. The van der Waals surface area contributed by atoms with Gasteiger partial charge in [-0.3, -0.25) is 14.4 Å². The lowest BCUT2D eigenvalue weighted by Crippen LogP contribution is -2.48. The van der Waals surface area contributed by atoms with Crippen molar-refractivity contribution in [3.05, 3.63) is 70.2 Å². The quantitative estimate of drug-likeness (QED) is 0.514. The molecule has 0 saturated carbocycles. The highest BCUT2D eigenvalue weighted by Gasteiger charge is 2.39. The minimum atomic E-state index is -3.74. The Labute approximate surface area is 213 Å². The number of aryl methyl sites for hydroxylation is 1. The van der Waals surface area contributed by atoms with Gasteiger partial charge in [0.1, 0.15) is 0 Å². The highest BCUT2D eigenvalue weighted by atomic mass is 35.5. The number of carbonyl (C=O) groups is 1. The third kappa shape index (κ3) is 5.07. The smallest absolute Gasteiger partial charge is 0.263 e. The van der Waals surface area contributed by atoms with E-state index in [2.05, 4.69) is 14.6 Å². The van der Waals surface area contributed by atoms with Crippen molar-refractivity contribution < 1.29 is 17.9 Å². The fourth-order valence-electron chi connectivity index (χ4n) is 4.54. The van der Waals surface area contributed by atoms with Gasteiger partial charge in [0.2, 0.25) is 5.91 Å². The number of ether oxygens (including phenoxy) is 1. The molecule has 0 spiro atoms. The number of halogens is 1. The zero-order valence-corrected chi connectivity index (χ0v) is 21.4. The summed E-state index contributed by atoms with van der Waals surface area (Å²) in [5, 5.41) is 2.73. The molecule has 0 unspecified atom stereocenters. The Bertz CT molecular complexity index is 1320. The molecule has 2 aliphatic rings. The minimum Gasteiger partial charge on any atom is -0.371 e. The van der Waals surface area contributed by atoms with Crippen LogP contribution in [0.3, 0.4) is 0 Å². The number of carbonyl (C=O) groups excluding carboxylic acids is 1. The normalized spacial score (nSPS) is 21.4. The van der Waals surface area contributed by atoms with Gasteiger partial charge in [-0.1, -0.05) is 23.7 Å². The number of sulfonamides is 1. The van der Waals surface area contributed by atoms with E-state index in [0.717, 1.165) is 16.1 Å². The number of nitrogens with one attached hydrogen (secondary N) is 1. The molecule has 184 valence electrons. The largest absolute Gasteiger partial charge is 0.371 e. The van der Waals surface area contributed by atoms with E-state index in [4.69, 9.17) is 16.3 Å². The van der Waals surface area contributed by atoms with Crippen molar-refractivity contribution in [1.82, 2.24) is 9.88 Å². The standard InChI is InChI=1S/C24H25ClN4O4S2/c1-16-14-17(2-7-20(16)25)22-15-28(11-12-33-22)21-8-10-29(23(21)30)18-3-5-19(6-4-18)35(31,32)27-24-26-9-13-34-24/h2-7,9,13-14,21-22H,8,10-12,15H2,1H3,(H,26,27)/t21-,22+/m0/s1. The number of hydrogen-bond acceptors (Lipinski definition) is 7. The van der Waals surface area contributed by atoms with Crippen molar-refractivity contribution >= 4 is 49.7 Å². The summed E-state index contributed by atoms with van der Waals surface area (Å²) in [6.45, 7) is 4.41. The van der Waals surface area contributed by atoms with Gasteiger partial charge in [0.15, 0.2) is 5.13 Å². The molecule has 2 saturated heterocycles. The predicted molar refractivity (Wildman–Crippen MR) is 137 cm³/mol. The summed E-state index contributed by atoms with van der Waals surface area (Å²) < 4.78 is 33.6. The maximum Gasteiger partial charge on any atom is 0.263 e. The number of aromatic nitrogens is 1. The average Bonchev–Trinajstić information content (AvgIpc) is 3.50. The number of morpholine rings is 1. The van der Waals surface area contributed by atoms with Gasteiger partial charge in [-0.15, -0.1) is 11.3 Å². The number of anilines is 2. The highest BCUT2D eigenvalue weighted by molar-refractivity contribution is 7.93. The molecule has 1 N–H and O–H groups in total. The Morgan fingerprint density at radius 3 is 2.69 bits per heavy atom. The maximum atomic E-state index is 13.3. The third-order valence-corrected chi connectivity index (χ3v) is 8.98. The number of nitrogens with zero attached hydrogens (tertiary/aromatic N) is 3. The molecule has 3 heterocycles. The first kappa shape index (κ1) is 24.2. The summed E-state index contributed by atoms with van der Waals surface area (Å²) in [6, 6.07) is 12.0. The lowest BCUT2D eigenvalue weighted by Gasteiger charge is -2.36. The first-order valence-electron chi connectivity index (χ1n) is 11.3. The van der Waals surface area contributed by atoms with E-state index in [1.165, 1.54) is 29.7 Å². The van der Waals surface area contributed by atoms with Crippen LogP contribution in [-0.4, -0.2) is 56.5 Å². The predicted octanol–water partition coefficient (Wildman–Crippen LogP) is 4.08. The second-order valence-electron chi connectivity index (χ2n) is 8.59. The third-order valence-electron chi connectivity index (χ3n) is 6.38. The van der Waals surface area contributed by atoms with E-state index in [1.54, 1.807) is 22.4 Å². The van der Waals surface area contributed by atoms with Crippen LogP contribution in [0.5, 0.6) is 0 Å². The van der Waals surface area contributed by atoms with Crippen LogP contribution in [0.25, 0.3) is 0 Å². The summed E-state index contributed by atoms with van der Waals surface area (Å²) in [5.74, 6) is 0.0226. The fraction of sp³-hybridized carbons (Fsp3) is 0.333. The van der Waals surface area contributed by atoms with Gasteiger partial charge in [0, 0.05) is 41.9 Å².